The molecular weight excluding hydrogens is 512 g/mol. The van der Waals surface area contributed by atoms with Crippen molar-refractivity contribution in [2.45, 2.75) is 12.2 Å². The van der Waals surface area contributed by atoms with E-state index in [4.69, 9.17) is 9.47 Å². The molecule has 1 aromatic heterocycles. The highest BCUT2D eigenvalue weighted by atomic mass is 79.9. The van der Waals surface area contributed by atoms with Gasteiger partial charge in [-0.05, 0) is 12.1 Å². The van der Waals surface area contributed by atoms with E-state index in [0.29, 0.717) is 0 Å². The number of Topliss-reactive ketones (excluding diaryl/α,β-unsaturated/α-hetero) is 1. The Labute approximate surface area is 202 Å². The normalized spacial score (nSPS) is 22.9. The van der Waals surface area contributed by atoms with Crippen LogP contribution in [0.25, 0.3) is 0 Å². The van der Waals surface area contributed by atoms with Crippen LogP contribution in [-0.2, 0) is 33.2 Å². The first-order valence-corrected chi connectivity index (χ1v) is 11.1. The smallest absolute Gasteiger partial charge is 0.332 e. The summed E-state index contributed by atoms with van der Waals surface area (Å²) < 4.78 is 12.9. The van der Waals surface area contributed by atoms with Crippen molar-refractivity contribution < 1.29 is 23.9 Å². The predicted octanol–water partition coefficient (Wildman–Crippen LogP) is 0.272. The molecule has 4 unspecified atom stereocenters. The molecule has 1 saturated heterocycles. The topological polar surface area (TPSA) is 120 Å². The van der Waals surface area contributed by atoms with Gasteiger partial charge in [-0.2, -0.15) is 0 Å². The van der Waals surface area contributed by atoms with Crippen LogP contribution in [0.15, 0.2) is 38.3 Å². The number of aromatic nitrogens is 2. The van der Waals surface area contributed by atoms with Gasteiger partial charge in [-0.1, -0.05) is 28.1 Å². The van der Waals surface area contributed by atoms with Gasteiger partial charge in [-0.15, -0.1) is 0 Å². The Morgan fingerprint density at radius 3 is 2.00 bits per heavy atom. The molecule has 4 atom stereocenters. The molecule has 0 N–H and O–H groups in total. The number of methoxy groups -OCH3 is 2. The number of ether oxygens (including phenoxy) is 2. The molecule has 2 aromatic rings. The highest BCUT2D eigenvalue weighted by Gasteiger charge is 2.64. The van der Waals surface area contributed by atoms with E-state index in [9.17, 15) is 24.0 Å². The van der Waals surface area contributed by atoms with Crippen molar-refractivity contribution in [1.82, 2.24) is 9.13 Å². The molecule has 2 aliphatic heterocycles. The molecule has 1 aromatic carbocycles. The molecule has 12 heteroatoms. The number of hydrogen-bond donors (Lipinski definition) is 0. The van der Waals surface area contributed by atoms with Crippen LogP contribution < -0.4 is 21.0 Å². The molecule has 0 bridgehead atoms. The third-order valence-corrected chi connectivity index (χ3v) is 7.11. The first-order chi connectivity index (χ1) is 16.1. The van der Waals surface area contributed by atoms with Crippen molar-refractivity contribution in [3.63, 3.8) is 0 Å². The van der Waals surface area contributed by atoms with E-state index < -0.39 is 53.0 Å². The lowest BCUT2D eigenvalue weighted by molar-refractivity contribution is -0.156. The number of halogens is 1. The molecule has 4 rings (SSSR count). The largest absolute Gasteiger partial charge is 0.469 e. The van der Waals surface area contributed by atoms with Crippen molar-refractivity contribution in [2.24, 2.45) is 25.9 Å². The Bertz CT molecular complexity index is 1320. The molecular formula is C22H23BrN4O7. The van der Waals surface area contributed by atoms with Gasteiger partial charge in [0.15, 0.2) is 5.78 Å². The first-order valence-electron chi connectivity index (χ1n) is 10.3. The van der Waals surface area contributed by atoms with Gasteiger partial charge >= 0.3 is 17.6 Å². The Kier molecular flexibility index (Phi) is 5.88. The quantitative estimate of drug-likeness (QED) is 0.402. The average Bonchev–Trinajstić information content (AvgIpc) is 3.33. The van der Waals surface area contributed by atoms with Crippen LogP contribution in [0.5, 0.6) is 0 Å². The van der Waals surface area contributed by atoms with Crippen LogP contribution in [0.2, 0.25) is 0 Å². The maximum absolute atomic E-state index is 13.8. The number of fused-ring (bicyclic) bond motifs is 3. The van der Waals surface area contributed by atoms with Gasteiger partial charge in [0.05, 0.1) is 14.2 Å². The highest BCUT2D eigenvalue weighted by molar-refractivity contribution is 9.10. The van der Waals surface area contributed by atoms with E-state index in [0.717, 1.165) is 9.04 Å². The number of rotatable bonds is 4. The van der Waals surface area contributed by atoms with E-state index >= 15 is 0 Å². The molecule has 1 fully saturated rings. The minimum atomic E-state index is -1.25. The third kappa shape index (κ3) is 3.19. The SMILES string of the molecule is COC(=O)C1C(C(=O)OC)C2N(C)c3c(c(=O)n(C)c(=O)n3C)N2C1C(=O)c1ccc(Br)cc1. The second-order valence-electron chi connectivity index (χ2n) is 8.22. The van der Waals surface area contributed by atoms with E-state index in [1.807, 2.05) is 0 Å². The van der Waals surface area contributed by atoms with Gasteiger partial charge < -0.3 is 19.3 Å². The molecule has 2 aliphatic rings. The third-order valence-electron chi connectivity index (χ3n) is 6.58. The zero-order valence-corrected chi connectivity index (χ0v) is 20.7. The minimum Gasteiger partial charge on any atom is -0.469 e. The lowest BCUT2D eigenvalue weighted by Gasteiger charge is -2.28. The molecule has 0 saturated carbocycles. The molecule has 0 aliphatic carbocycles. The number of carbonyl (C=O) groups is 3. The van der Waals surface area contributed by atoms with Gasteiger partial charge in [-0.3, -0.25) is 28.3 Å². The fourth-order valence-electron chi connectivity index (χ4n) is 5.05. The molecule has 180 valence electrons. The van der Waals surface area contributed by atoms with Gasteiger partial charge in [0.25, 0.3) is 5.56 Å². The Morgan fingerprint density at radius 2 is 1.44 bits per heavy atom. The summed E-state index contributed by atoms with van der Waals surface area (Å²) in [5.74, 6) is -4.18. The number of hydrogen-bond acceptors (Lipinski definition) is 9. The van der Waals surface area contributed by atoms with E-state index in [1.165, 1.54) is 37.8 Å². The molecule has 3 heterocycles. The molecule has 11 nitrogen and oxygen atoms in total. The Morgan fingerprint density at radius 1 is 0.882 bits per heavy atom. The van der Waals surface area contributed by atoms with Gasteiger partial charge in [0, 0.05) is 31.2 Å². The molecule has 0 amide bonds. The zero-order chi connectivity index (χ0) is 25.1. The van der Waals surface area contributed by atoms with Crippen molar-refractivity contribution in [3.05, 3.63) is 55.1 Å². The lowest BCUT2D eigenvalue weighted by atomic mass is 9.85. The molecule has 34 heavy (non-hydrogen) atoms. The Balaban J connectivity index is 2.03. The van der Waals surface area contributed by atoms with Crippen LogP contribution in [-0.4, -0.2) is 60.3 Å². The summed E-state index contributed by atoms with van der Waals surface area (Å²) in [5, 5.41) is 0. The summed E-state index contributed by atoms with van der Waals surface area (Å²) in [4.78, 5) is 68.8. The van der Waals surface area contributed by atoms with E-state index in [-0.39, 0.29) is 17.1 Å². The standard InChI is InChI=1S/C22H23BrN4O7/c1-24-17-13(21(31)34-5)12(20(30)33-4)14(16(28)10-6-8-11(23)9-7-10)27(17)15-18(24)25(2)22(32)26(3)19(15)29/h6-9,12-14,17H,1-5H3. The van der Waals surface area contributed by atoms with Crippen molar-refractivity contribution >= 4 is 45.2 Å². The zero-order valence-electron chi connectivity index (χ0n) is 19.1. The van der Waals surface area contributed by atoms with Gasteiger partial charge in [0.2, 0.25) is 0 Å². The second-order valence-corrected chi connectivity index (χ2v) is 9.14. The number of esters is 2. The maximum atomic E-state index is 13.8. The number of anilines is 2. The predicted molar refractivity (Wildman–Crippen MR) is 125 cm³/mol. The summed E-state index contributed by atoms with van der Waals surface area (Å²) in [6.07, 6.45) is -0.934. The summed E-state index contributed by atoms with van der Waals surface area (Å²) in [6, 6.07) is 5.27. The second kappa shape index (κ2) is 8.42. The van der Waals surface area contributed by atoms with Crippen LogP contribution in [0.3, 0.4) is 0 Å². The summed E-state index contributed by atoms with van der Waals surface area (Å²) >= 11 is 3.33. The maximum Gasteiger partial charge on any atom is 0.332 e. The van der Waals surface area contributed by atoms with Crippen molar-refractivity contribution in [2.75, 3.05) is 31.1 Å². The average molecular weight is 535 g/mol. The highest BCUT2D eigenvalue weighted by Crippen LogP contribution is 2.49. The Hall–Kier alpha value is -3.41. The lowest BCUT2D eigenvalue weighted by Crippen LogP contribution is -2.48. The van der Waals surface area contributed by atoms with Crippen LogP contribution in [0.1, 0.15) is 10.4 Å². The summed E-state index contributed by atoms with van der Waals surface area (Å²) in [5.41, 5.74) is -0.876. The number of nitrogens with zero attached hydrogens (tertiary/aromatic N) is 4. The van der Waals surface area contributed by atoms with Crippen LogP contribution in [0.4, 0.5) is 11.5 Å². The first kappa shape index (κ1) is 23.7. The van der Waals surface area contributed by atoms with Crippen molar-refractivity contribution in [3.8, 4) is 0 Å². The molecule has 0 radical (unpaired) electrons. The minimum absolute atomic E-state index is 0.0490. The van der Waals surface area contributed by atoms with Crippen LogP contribution >= 0.6 is 15.9 Å². The van der Waals surface area contributed by atoms with Crippen molar-refractivity contribution in [1.29, 1.82) is 0 Å². The fraction of sp³-hybridized carbons (Fsp3) is 0.409. The fourth-order valence-corrected chi connectivity index (χ4v) is 5.32. The summed E-state index contributed by atoms with van der Waals surface area (Å²) in [6.45, 7) is 0. The number of benzene rings is 1. The summed E-state index contributed by atoms with van der Waals surface area (Å²) in [7, 11) is 6.77. The van der Waals surface area contributed by atoms with E-state index in [2.05, 4.69) is 15.9 Å². The number of ketones is 1. The van der Waals surface area contributed by atoms with Gasteiger partial charge in [-0.25, -0.2) is 4.79 Å². The monoisotopic (exact) mass is 534 g/mol. The van der Waals surface area contributed by atoms with Gasteiger partial charge in [0.1, 0.15) is 35.5 Å². The number of carbonyl (C=O) groups excluding carboxylic acids is 3. The van der Waals surface area contributed by atoms with Crippen LogP contribution in [0, 0.1) is 11.8 Å². The molecule has 0 spiro atoms. The van der Waals surface area contributed by atoms with E-state index in [1.54, 1.807) is 36.2 Å².